The van der Waals surface area contributed by atoms with Crippen LogP contribution in [0.2, 0.25) is 0 Å². The first-order chi connectivity index (χ1) is 14.5. The van der Waals surface area contributed by atoms with Gasteiger partial charge in [0.25, 0.3) is 5.91 Å². The van der Waals surface area contributed by atoms with Gasteiger partial charge in [-0.1, -0.05) is 13.8 Å². The molecule has 0 saturated heterocycles. The molecule has 1 aliphatic rings. The monoisotopic (exact) mass is 426 g/mol. The Kier molecular flexibility index (Phi) is 5.35. The lowest BCUT2D eigenvalue weighted by Gasteiger charge is -2.20. The van der Waals surface area contributed by atoms with Gasteiger partial charge < -0.3 is 4.90 Å². The zero-order chi connectivity index (χ0) is 21.3. The Morgan fingerprint density at radius 3 is 2.47 bits per heavy atom. The molecule has 0 aliphatic carbocycles. The van der Waals surface area contributed by atoms with Crippen molar-refractivity contribution in [2.24, 2.45) is 0 Å². The Labute approximate surface area is 175 Å². The third kappa shape index (κ3) is 3.48. The highest BCUT2D eigenvalue weighted by Crippen LogP contribution is 2.32. The molecule has 0 atom stereocenters. The summed E-state index contributed by atoms with van der Waals surface area (Å²) in [5, 5.41) is 11.0. The van der Waals surface area contributed by atoms with Crippen LogP contribution in [0, 0.1) is 0 Å². The van der Waals surface area contributed by atoms with Gasteiger partial charge in [-0.25, -0.2) is 13.1 Å². The van der Waals surface area contributed by atoms with Crippen LogP contribution in [0.25, 0.3) is 5.69 Å². The Balaban J connectivity index is 1.58. The van der Waals surface area contributed by atoms with Gasteiger partial charge in [-0.05, 0) is 64.9 Å². The molecule has 30 heavy (non-hydrogen) atoms. The summed E-state index contributed by atoms with van der Waals surface area (Å²) in [5.74, 6) is -0.128. The van der Waals surface area contributed by atoms with E-state index in [2.05, 4.69) is 15.5 Å². The van der Waals surface area contributed by atoms with E-state index in [1.165, 1.54) is 15.3 Å². The summed E-state index contributed by atoms with van der Waals surface area (Å²) >= 11 is 0. The Morgan fingerprint density at radius 2 is 1.83 bits per heavy atom. The van der Waals surface area contributed by atoms with Gasteiger partial charge in [-0.3, -0.25) is 4.79 Å². The standard InChI is InChI=1S/C20H22N6O3S/c1-3-24(4-2)30(28,29)18-9-10-19-16(13-18)11-12-25(19)20(27)15-5-7-17(8-6-15)26-14-21-22-23-26/h5-10,13-14H,3-4,11-12H2,1-2H3. The minimum atomic E-state index is -3.53. The van der Waals surface area contributed by atoms with E-state index in [-0.39, 0.29) is 10.8 Å². The first-order valence-electron chi connectivity index (χ1n) is 9.74. The van der Waals surface area contributed by atoms with E-state index in [1.807, 2.05) is 13.8 Å². The quantitative estimate of drug-likeness (QED) is 0.597. The number of hydrogen-bond donors (Lipinski definition) is 0. The number of aromatic nitrogens is 4. The van der Waals surface area contributed by atoms with Crippen molar-refractivity contribution >= 4 is 21.6 Å². The normalized spacial score (nSPS) is 13.6. The van der Waals surface area contributed by atoms with Crippen LogP contribution in [0.15, 0.2) is 53.7 Å². The van der Waals surface area contributed by atoms with Gasteiger partial charge in [0.15, 0.2) is 0 Å². The first kappa shape index (κ1) is 20.2. The largest absolute Gasteiger partial charge is 0.308 e. The Hall–Kier alpha value is -3.11. The summed E-state index contributed by atoms with van der Waals surface area (Å²) < 4.78 is 28.5. The predicted octanol–water partition coefficient (Wildman–Crippen LogP) is 1.90. The molecule has 9 nitrogen and oxygen atoms in total. The van der Waals surface area contributed by atoms with E-state index in [9.17, 15) is 13.2 Å². The SMILES string of the molecule is CCN(CC)S(=O)(=O)c1ccc2c(c1)CCN2C(=O)c1ccc(-n2cnnn2)cc1. The summed E-state index contributed by atoms with van der Waals surface area (Å²) in [6, 6.07) is 12.0. The minimum absolute atomic E-state index is 0.128. The number of benzene rings is 2. The fourth-order valence-electron chi connectivity index (χ4n) is 3.65. The fraction of sp³-hybridized carbons (Fsp3) is 0.300. The molecule has 156 valence electrons. The van der Waals surface area contributed by atoms with Crippen LogP contribution in [0.5, 0.6) is 0 Å². The molecular formula is C20H22N6O3S. The van der Waals surface area contributed by atoms with Crippen molar-refractivity contribution in [2.45, 2.75) is 25.2 Å². The average molecular weight is 427 g/mol. The molecule has 3 aromatic rings. The molecule has 0 unspecified atom stereocenters. The molecule has 0 bridgehead atoms. The lowest BCUT2D eigenvalue weighted by Crippen LogP contribution is -2.30. The van der Waals surface area contributed by atoms with E-state index in [0.29, 0.717) is 31.6 Å². The van der Waals surface area contributed by atoms with E-state index in [4.69, 9.17) is 0 Å². The molecule has 1 aromatic heterocycles. The van der Waals surface area contributed by atoms with Crippen molar-refractivity contribution < 1.29 is 13.2 Å². The number of anilines is 1. The van der Waals surface area contributed by atoms with E-state index in [0.717, 1.165) is 16.9 Å². The van der Waals surface area contributed by atoms with E-state index < -0.39 is 10.0 Å². The van der Waals surface area contributed by atoms with Crippen molar-refractivity contribution in [3.8, 4) is 5.69 Å². The van der Waals surface area contributed by atoms with Crippen molar-refractivity contribution in [3.63, 3.8) is 0 Å². The second-order valence-electron chi connectivity index (χ2n) is 6.89. The van der Waals surface area contributed by atoms with Crippen molar-refractivity contribution in [2.75, 3.05) is 24.5 Å². The van der Waals surface area contributed by atoms with Crippen molar-refractivity contribution in [1.29, 1.82) is 0 Å². The number of fused-ring (bicyclic) bond motifs is 1. The van der Waals surface area contributed by atoms with E-state index in [1.54, 1.807) is 47.4 Å². The number of carbonyl (C=O) groups excluding carboxylic acids is 1. The summed E-state index contributed by atoms with van der Waals surface area (Å²) in [4.78, 5) is 15.0. The lowest BCUT2D eigenvalue weighted by molar-refractivity contribution is 0.0989. The maximum atomic E-state index is 13.0. The van der Waals surface area contributed by atoms with Gasteiger partial charge in [0.05, 0.1) is 10.6 Å². The summed E-state index contributed by atoms with van der Waals surface area (Å²) in [5.41, 5.74) is 2.91. The Bertz CT molecular complexity index is 1160. The van der Waals surface area contributed by atoms with Crippen LogP contribution in [0.4, 0.5) is 5.69 Å². The van der Waals surface area contributed by atoms with Crippen LogP contribution < -0.4 is 4.90 Å². The molecule has 0 radical (unpaired) electrons. The molecule has 0 fully saturated rings. The zero-order valence-electron chi connectivity index (χ0n) is 16.8. The molecule has 10 heteroatoms. The van der Waals surface area contributed by atoms with Gasteiger partial charge in [-0.15, -0.1) is 5.10 Å². The minimum Gasteiger partial charge on any atom is -0.308 e. The third-order valence-corrected chi connectivity index (χ3v) is 7.31. The number of amides is 1. The third-order valence-electron chi connectivity index (χ3n) is 5.26. The summed E-state index contributed by atoms with van der Waals surface area (Å²) in [6.45, 7) is 4.99. The number of hydrogen-bond acceptors (Lipinski definition) is 6. The number of tetrazole rings is 1. The van der Waals surface area contributed by atoms with Gasteiger partial charge >= 0.3 is 0 Å². The fourth-order valence-corrected chi connectivity index (χ4v) is 5.16. The van der Waals surface area contributed by atoms with Crippen molar-refractivity contribution in [3.05, 3.63) is 59.9 Å². The molecule has 1 amide bonds. The highest BCUT2D eigenvalue weighted by atomic mass is 32.2. The lowest BCUT2D eigenvalue weighted by atomic mass is 10.1. The average Bonchev–Trinajstić information content (AvgIpc) is 3.44. The second kappa shape index (κ2) is 7.96. The van der Waals surface area contributed by atoms with Crippen LogP contribution in [0.1, 0.15) is 29.8 Å². The van der Waals surface area contributed by atoms with Crippen molar-refractivity contribution in [1.82, 2.24) is 24.5 Å². The van der Waals surface area contributed by atoms with Crippen LogP contribution in [-0.2, 0) is 16.4 Å². The predicted molar refractivity (Wildman–Crippen MR) is 111 cm³/mol. The number of rotatable bonds is 6. The van der Waals surface area contributed by atoms with Crippen LogP contribution >= 0.6 is 0 Å². The number of carbonyl (C=O) groups is 1. The summed E-state index contributed by atoms with van der Waals surface area (Å²) in [7, 11) is -3.53. The number of nitrogens with zero attached hydrogens (tertiary/aromatic N) is 6. The van der Waals surface area contributed by atoms with Crippen LogP contribution in [-0.4, -0.2) is 58.5 Å². The molecule has 2 heterocycles. The van der Waals surface area contributed by atoms with Gasteiger partial charge in [0.2, 0.25) is 10.0 Å². The molecule has 0 saturated carbocycles. The highest BCUT2D eigenvalue weighted by Gasteiger charge is 2.29. The Morgan fingerprint density at radius 1 is 1.10 bits per heavy atom. The van der Waals surface area contributed by atoms with Gasteiger partial charge in [-0.2, -0.15) is 4.31 Å². The smallest absolute Gasteiger partial charge is 0.258 e. The first-order valence-corrected chi connectivity index (χ1v) is 11.2. The summed E-state index contributed by atoms with van der Waals surface area (Å²) in [6.07, 6.45) is 2.10. The van der Waals surface area contributed by atoms with Gasteiger partial charge in [0.1, 0.15) is 6.33 Å². The van der Waals surface area contributed by atoms with Crippen LogP contribution in [0.3, 0.4) is 0 Å². The molecular weight excluding hydrogens is 404 g/mol. The molecule has 2 aromatic carbocycles. The maximum absolute atomic E-state index is 13.0. The maximum Gasteiger partial charge on any atom is 0.258 e. The molecule has 0 N–H and O–H groups in total. The van der Waals surface area contributed by atoms with Gasteiger partial charge in [0, 0.05) is 30.9 Å². The second-order valence-corrected chi connectivity index (χ2v) is 8.83. The topological polar surface area (TPSA) is 101 Å². The highest BCUT2D eigenvalue weighted by molar-refractivity contribution is 7.89. The van der Waals surface area contributed by atoms with E-state index >= 15 is 0 Å². The molecule has 0 spiro atoms. The zero-order valence-corrected chi connectivity index (χ0v) is 17.6. The molecule has 1 aliphatic heterocycles. The number of sulfonamides is 1. The molecule has 4 rings (SSSR count).